The first-order chi connectivity index (χ1) is 12.4. The molecule has 1 saturated heterocycles. The number of nitrogens with zero attached hydrogens (tertiary/aromatic N) is 1. The molecule has 8 heteroatoms. The van der Waals surface area contributed by atoms with Gasteiger partial charge in [-0.3, -0.25) is 0 Å². The molecule has 26 heavy (non-hydrogen) atoms. The van der Waals surface area contributed by atoms with Gasteiger partial charge in [0, 0.05) is 23.6 Å². The summed E-state index contributed by atoms with van der Waals surface area (Å²) in [7, 11) is 4.00. The molecule has 144 valence electrons. The van der Waals surface area contributed by atoms with Gasteiger partial charge in [0.2, 0.25) is 6.29 Å². The highest BCUT2D eigenvalue weighted by Crippen LogP contribution is 2.32. The summed E-state index contributed by atoms with van der Waals surface area (Å²) < 4.78 is 11.3. The van der Waals surface area contributed by atoms with E-state index in [9.17, 15) is 20.4 Å². The van der Waals surface area contributed by atoms with Crippen LogP contribution in [0.3, 0.4) is 0 Å². The van der Waals surface area contributed by atoms with Crippen molar-refractivity contribution < 1.29 is 29.9 Å². The van der Waals surface area contributed by atoms with Gasteiger partial charge in [0.1, 0.15) is 30.2 Å². The Balaban J connectivity index is 1.87. The first kappa shape index (κ1) is 19.1. The third-order valence-electron chi connectivity index (χ3n) is 4.67. The van der Waals surface area contributed by atoms with E-state index in [1.165, 1.54) is 0 Å². The van der Waals surface area contributed by atoms with Crippen LogP contribution in [-0.2, 0) is 11.2 Å². The summed E-state index contributed by atoms with van der Waals surface area (Å²) in [6.45, 7) is 0.370. The normalized spacial score (nSPS) is 29.4. The lowest BCUT2D eigenvalue weighted by Gasteiger charge is -2.39. The van der Waals surface area contributed by atoms with Crippen molar-refractivity contribution in [2.24, 2.45) is 0 Å². The zero-order chi connectivity index (χ0) is 18.8. The summed E-state index contributed by atoms with van der Waals surface area (Å²) in [6, 6.07) is 5.50. The van der Waals surface area contributed by atoms with E-state index >= 15 is 0 Å². The molecule has 0 radical (unpaired) electrons. The molecule has 0 spiro atoms. The van der Waals surface area contributed by atoms with Gasteiger partial charge in [-0.2, -0.15) is 0 Å². The number of nitrogens with one attached hydrogen (secondary N) is 1. The van der Waals surface area contributed by atoms with Crippen molar-refractivity contribution in [3.05, 3.63) is 30.0 Å². The number of ether oxygens (including phenoxy) is 2. The van der Waals surface area contributed by atoms with E-state index in [1.807, 2.05) is 32.4 Å². The Morgan fingerprint density at radius 3 is 2.62 bits per heavy atom. The number of hydrogen-bond donors (Lipinski definition) is 5. The molecule has 0 bridgehead atoms. The Kier molecular flexibility index (Phi) is 5.81. The quantitative estimate of drug-likeness (QED) is 0.465. The van der Waals surface area contributed by atoms with Gasteiger partial charge in [0.05, 0.1) is 6.61 Å². The average Bonchev–Trinajstić information content (AvgIpc) is 3.04. The van der Waals surface area contributed by atoms with Crippen molar-refractivity contribution in [1.29, 1.82) is 0 Å². The number of aliphatic hydroxyl groups is 4. The second kappa shape index (κ2) is 7.91. The lowest BCUT2D eigenvalue weighted by Crippen LogP contribution is -2.60. The average molecular weight is 366 g/mol. The van der Waals surface area contributed by atoms with Crippen molar-refractivity contribution in [2.45, 2.75) is 37.1 Å². The number of hydrogen-bond acceptors (Lipinski definition) is 7. The fourth-order valence-corrected chi connectivity index (χ4v) is 3.15. The lowest BCUT2D eigenvalue weighted by atomic mass is 9.99. The van der Waals surface area contributed by atoms with Gasteiger partial charge in [-0.05, 0) is 38.2 Å². The Morgan fingerprint density at radius 1 is 1.15 bits per heavy atom. The Hall–Kier alpha value is -1.68. The van der Waals surface area contributed by atoms with Crippen LogP contribution in [0.25, 0.3) is 10.9 Å². The topological polar surface area (TPSA) is 118 Å². The predicted octanol–water partition coefficient (Wildman–Crippen LogP) is -0.549. The number of aromatic nitrogens is 1. The number of rotatable bonds is 6. The fraction of sp³-hybridized carbons (Fsp3) is 0.556. The zero-order valence-corrected chi connectivity index (χ0v) is 14.9. The molecule has 0 aliphatic carbocycles. The van der Waals surface area contributed by atoms with Gasteiger partial charge in [-0.25, -0.2) is 0 Å². The van der Waals surface area contributed by atoms with Crippen molar-refractivity contribution in [3.63, 3.8) is 0 Å². The van der Waals surface area contributed by atoms with Gasteiger partial charge in [-0.15, -0.1) is 0 Å². The van der Waals surface area contributed by atoms with Gasteiger partial charge in [-0.1, -0.05) is 6.07 Å². The highest BCUT2D eigenvalue weighted by atomic mass is 16.7. The third kappa shape index (κ3) is 3.71. The SMILES string of the molecule is CN(C)CCc1c[nH]c2cccc(O[C@@H]3O[C@H](CO)[C@@H](O)[C@H](O)C3O)c12. The first-order valence-electron chi connectivity index (χ1n) is 8.63. The highest BCUT2D eigenvalue weighted by Gasteiger charge is 2.44. The van der Waals surface area contributed by atoms with E-state index in [0.29, 0.717) is 5.75 Å². The second-order valence-corrected chi connectivity index (χ2v) is 6.86. The highest BCUT2D eigenvalue weighted by molar-refractivity contribution is 5.89. The molecule has 5 N–H and O–H groups in total. The Labute approximate surface area is 151 Å². The molecule has 1 fully saturated rings. The van der Waals surface area contributed by atoms with Crippen molar-refractivity contribution in [3.8, 4) is 5.75 Å². The van der Waals surface area contributed by atoms with Crippen molar-refractivity contribution >= 4 is 10.9 Å². The van der Waals surface area contributed by atoms with Crippen molar-refractivity contribution in [2.75, 3.05) is 27.2 Å². The zero-order valence-electron chi connectivity index (χ0n) is 14.9. The molecule has 1 aromatic carbocycles. The largest absolute Gasteiger partial charge is 0.461 e. The van der Waals surface area contributed by atoms with Crippen LogP contribution >= 0.6 is 0 Å². The molecule has 0 saturated carbocycles. The molecule has 5 atom stereocenters. The lowest BCUT2D eigenvalue weighted by molar-refractivity contribution is -0.277. The molecule has 0 amide bonds. The molecular weight excluding hydrogens is 340 g/mol. The second-order valence-electron chi connectivity index (χ2n) is 6.86. The minimum atomic E-state index is -1.47. The van der Waals surface area contributed by atoms with Crippen LogP contribution in [0.1, 0.15) is 5.56 Å². The Bertz CT molecular complexity index is 732. The van der Waals surface area contributed by atoms with Gasteiger partial charge < -0.3 is 39.8 Å². The smallest absolute Gasteiger partial charge is 0.229 e. The van der Waals surface area contributed by atoms with Crippen LogP contribution in [0.15, 0.2) is 24.4 Å². The maximum atomic E-state index is 10.2. The minimum Gasteiger partial charge on any atom is -0.461 e. The Morgan fingerprint density at radius 2 is 1.92 bits per heavy atom. The summed E-state index contributed by atoms with van der Waals surface area (Å²) in [6.07, 6.45) is -3.79. The molecule has 3 rings (SSSR count). The molecule has 2 aromatic rings. The monoisotopic (exact) mass is 366 g/mol. The molecular formula is C18H26N2O6. The number of H-pyrrole nitrogens is 1. The van der Waals surface area contributed by atoms with Crippen LogP contribution in [0.4, 0.5) is 0 Å². The molecule has 1 aromatic heterocycles. The number of aliphatic hydroxyl groups excluding tert-OH is 4. The van der Waals surface area contributed by atoms with E-state index in [1.54, 1.807) is 6.07 Å². The maximum absolute atomic E-state index is 10.2. The number of aromatic amines is 1. The van der Waals surface area contributed by atoms with Gasteiger partial charge >= 0.3 is 0 Å². The standard InChI is InChI=1S/C18H26N2O6/c1-20(2)7-6-10-8-19-11-4-3-5-12(14(10)11)25-18-17(24)16(23)15(22)13(9-21)26-18/h3-5,8,13,15-19,21-24H,6-7,9H2,1-2H3/t13-,15-,16+,17?,18-/m1/s1. The predicted molar refractivity (Wildman–Crippen MR) is 95.0 cm³/mol. The number of fused-ring (bicyclic) bond motifs is 1. The van der Waals surface area contributed by atoms with Crippen LogP contribution in [0.5, 0.6) is 5.75 Å². The summed E-state index contributed by atoms with van der Waals surface area (Å²) in [5.74, 6) is 0.502. The molecule has 8 nitrogen and oxygen atoms in total. The van der Waals surface area contributed by atoms with Crippen LogP contribution < -0.4 is 4.74 Å². The number of benzene rings is 1. The van der Waals surface area contributed by atoms with Crippen LogP contribution in [0, 0.1) is 0 Å². The van der Waals surface area contributed by atoms with E-state index in [2.05, 4.69) is 9.88 Å². The number of likely N-dealkylation sites (N-methyl/N-ethyl adjacent to an activating group) is 1. The van der Waals surface area contributed by atoms with E-state index < -0.39 is 37.3 Å². The van der Waals surface area contributed by atoms with Crippen LogP contribution in [-0.4, -0.2) is 88.3 Å². The minimum absolute atomic E-state index is 0.493. The summed E-state index contributed by atoms with van der Waals surface area (Å²) in [4.78, 5) is 5.29. The summed E-state index contributed by atoms with van der Waals surface area (Å²) in [5.41, 5.74) is 1.95. The maximum Gasteiger partial charge on any atom is 0.229 e. The first-order valence-corrected chi connectivity index (χ1v) is 8.63. The van der Waals surface area contributed by atoms with E-state index in [0.717, 1.165) is 29.4 Å². The molecule has 1 aliphatic heterocycles. The summed E-state index contributed by atoms with van der Waals surface area (Å²) in [5, 5.41) is 40.2. The van der Waals surface area contributed by atoms with E-state index in [4.69, 9.17) is 9.47 Å². The van der Waals surface area contributed by atoms with Crippen LogP contribution in [0.2, 0.25) is 0 Å². The summed E-state index contributed by atoms with van der Waals surface area (Å²) >= 11 is 0. The molecule has 1 unspecified atom stereocenters. The molecule has 1 aliphatic rings. The fourth-order valence-electron chi connectivity index (χ4n) is 3.15. The van der Waals surface area contributed by atoms with Gasteiger partial charge in [0.25, 0.3) is 0 Å². The molecule has 2 heterocycles. The van der Waals surface area contributed by atoms with Gasteiger partial charge in [0.15, 0.2) is 0 Å². The third-order valence-corrected chi connectivity index (χ3v) is 4.67. The van der Waals surface area contributed by atoms with Crippen molar-refractivity contribution in [1.82, 2.24) is 9.88 Å². The van der Waals surface area contributed by atoms with E-state index in [-0.39, 0.29) is 0 Å².